The quantitative estimate of drug-likeness (QED) is 0.897. The predicted molar refractivity (Wildman–Crippen MR) is 88.6 cm³/mol. The molecule has 0 unspecified atom stereocenters. The highest BCUT2D eigenvalue weighted by Crippen LogP contribution is 2.21. The molecule has 0 aliphatic rings. The predicted octanol–water partition coefficient (Wildman–Crippen LogP) is 3.53. The summed E-state index contributed by atoms with van der Waals surface area (Å²) >= 11 is 11.9. The summed E-state index contributed by atoms with van der Waals surface area (Å²) < 4.78 is 0. The SMILES string of the molecule is CNC(=O)c1cccc(NC(=O)Cc2ccc(Cl)cc2Cl)c1. The monoisotopic (exact) mass is 336 g/mol. The van der Waals surface area contributed by atoms with Crippen LogP contribution >= 0.6 is 23.2 Å². The zero-order valence-corrected chi connectivity index (χ0v) is 13.3. The van der Waals surface area contributed by atoms with Crippen LogP contribution in [-0.4, -0.2) is 18.9 Å². The normalized spacial score (nSPS) is 10.1. The van der Waals surface area contributed by atoms with Gasteiger partial charge in [-0.2, -0.15) is 0 Å². The molecule has 4 nitrogen and oxygen atoms in total. The van der Waals surface area contributed by atoms with Gasteiger partial charge in [0, 0.05) is 28.3 Å². The lowest BCUT2D eigenvalue weighted by molar-refractivity contribution is -0.115. The van der Waals surface area contributed by atoms with Crippen molar-refractivity contribution in [2.45, 2.75) is 6.42 Å². The van der Waals surface area contributed by atoms with E-state index in [2.05, 4.69) is 10.6 Å². The number of benzene rings is 2. The van der Waals surface area contributed by atoms with Gasteiger partial charge in [-0.1, -0.05) is 35.3 Å². The van der Waals surface area contributed by atoms with Crippen molar-refractivity contribution in [3.05, 3.63) is 63.6 Å². The van der Waals surface area contributed by atoms with Gasteiger partial charge in [-0.05, 0) is 35.9 Å². The van der Waals surface area contributed by atoms with E-state index in [0.29, 0.717) is 26.9 Å². The first-order valence-electron chi connectivity index (χ1n) is 6.55. The maximum Gasteiger partial charge on any atom is 0.251 e. The van der Waals surface area contributed by atoms with Gasteiger partial charge in [0.1, 0.15) is 0 Å². The van der Waals surface area contributed by atoms with E-state index in [1.54, 1.807) is 49.5 Å². The summed E-state index contributed by atoms with van der Waals surface area (Å²) in [5, 5.41) is 6.24. The smallest absolute Gasteiger partial charge is 0.251 e. The fourth-order valence-electron chi connectivity index (χ4n) is 1.93. The van der Waals surface area contributed by atoms with Crippen LogP contribution in [0, 0.1) is 0 Å². The number of amides is 2. The second-order valence-corrected chi connectivity index (χ2v) is 5.46. The Hall–Kier alpha value is -2.04. The van der Waals surface area contributed by atoms with E-state index in [1.165, 1.54) is 0 Å². The number of carbonyl (C=O) groups excluding carboxylic acids is 2. The average Bonchev–Trinajstić information content (AvgIpc) is 2.49. The number of rotatable bonds is 4. The molecule has 0 fully saturated rings. The van der Waals surface area contributed by atoms with Crippen LogP contribution in [0.25, 0.3) is 0 Å². The topological polar surface area (TPSA) is 58.2 Å². The highest BCUT2D eigenvalue weighted by atomic mass is 35.5. The fraction of sp³-hybridized carbons (Fsp3) is 0.125. The zero-order chi connectivity index (χ0) is 16.1. The Morgan fingerprint density at radius 1 is 1.09 bits per heavy atom. The van der Waals surface area contributed by atoms with Crippen molar-refractivity contribution >= 4 is 40.7 Å². The van der Waals surface area contributed by atoms with Gasteiger partial charge < -0.3 is 10.6 Å². The largest absolute Gasteiger partial charge is 0.355 e. The minimum atomic E-state index is -0.224. The molecule has 2 N–H and O–H groups in total. The van der Waals surface area contributed by atoms with E-state index in [9.17, 15) is 9.59 Å². The molecule has 0 atom stereocenters. The van der Waals surface area contributed by atoms with Crippen molar-refractivity contribution in [3.8, 4) is 0 Å². The highest BCUT2D eigenvalue weighted by Gasteiger charge is 2.09. The third kappa shape index (κ3) is 4.23. The van der Waals surface area contributed by atoms with Crippen molar-refractivity contribution < 1.29 is 9.59 Å². The van der Waals surface area contributed by atoms with Gasteiger partial charge >= 0.3 is 0 Å². The van der Waals surface area contributed by atoms with Crippen molar-refractivity contribution in [2.24, 2.45) is 0 Å². The van der Waals surface area contributed by atoms with Gasteiger partial charge in [-0.15, -0.1) is 0 Å². The van der Waals surface area contributed by atoms with Gasteiger partial charge in [0.25, 0.3) is 5.91 Å². The molecule has 2 amide bonds. The molecule has 0 aromatic heterocycles. The van der Waals surface area contributed by atoms with Crippen LogP contribution in [0.3, 0.4) is 0 Å². The molecule has 0 bridgehead atoms. The van der Waals surface area contributed by atoms with E-state index in [0.717, 1.165) is 0 Å². The Labute approximate surface area is 138 Å². The molecule has 0 radical (unpaired) electrons. The Kier molecular flexibility index (Phi) is 5.41. The van der Waals surface area contributed by atoms with E-state index >= 15 is 0 Å². The van der Waals surface area contributed by atoms with E-state index in [4.69, 9.17) is 23.2 Å². The van der Waals surface area contributed by atoms with Crippen LogP contribution < -0.4 is 10.6 Å². The summed E-state index contributed by atoms with van der Waals surface area (Å²) in [4.78, 5) is 23.6. The Balaban J connectivity index is 2.07. The number of anilines is 1. The maximum absolute atomic E-state index is 12.1. The lowest BCUT2D eigenvalue weighted by Crippen LogP contribution is -2.19. The molecule has 2 aromatic carbocycles. The lowest BCUT2D eigenvalue weighted by Gasteiger charge is -2.08. The third-order valence-electron chi connectivity index (χ3n) is 3.00. The van der Waals surface area contributed by atoms with Gasteiger partial charge in [-0.3, -0.25) is 9.59 Å². The second-order valence-electron chi connectivity index (χ2n) is 4.62. The first kappa shape index (κ1) is 16.3. The van der Waals surface area contributed by atoms with Crippen LogP contribution in [-0.2, 0) is 11.2 Å². The summed E-state index contributed by atoms with van der Waals surface area (Å²) in [6.07, 6.45) is 0.125. The van der Waals surface area contributed by atoms with E-state index in [-0.39, 0.29) is 18.2 Å². The van der Waals surface area contributed by atoms with Gasteiger partial charge in [0.15, 0.2) is 0 Å². The van der Waals surface area contributed by atoms with Gasteiger partial charge in [0.2, 0.25) is 5.91 Å². The minimum absolute atomic E-state index is 0.125. The molecule has 6 heteroatoms. The average molecular weight is 337 g/mol. The first-order valence-corrected chi connectivity index (χ1v) is 7.31. The standard InChI is InChI=1S/C16H14Cl2N2O2/c1-19-16(22)11-3-2-4-13(7-11)20-15(21)8-10-5-6-12(17)9-14(10)18/h2-7,9H,8H2,1H3,(H,19,22)(H,20,21). The zero-order valence-electron chi connectivity index (χ0n) is 11.8. The fourth-order valence-corrected chi connectivity index (χ4v) is 2.40. The van der Waals surface area contributed by atoms with Crippen LogP contribution in [0.4, 0.5) is 5.69 Å². The number of halogens is 2. The highest BCUT2D eigenvalue weighted by molar-refractivity contribution is 6.35. The molecule has 0 aliphatic heterocycles. The van der Waals surface area contributed by atoms with Crippen molar-refractivity contribution in [1.29, 1.82) is 0 Å². The lowest BCUT2D eigenvalue weighted by atomic mass is 10.1. The van der Waals surface area contributed by atoms with Gasteiger partial charge in [-0.25, -0.2) is 0 Å². The van der Waals surface area contributed by atoms with Crippen molar-refractivity contribution in [2.75, 3.05) is 12.4 Å². The van der Waals surface area contributed by atoms with E-state index < -0.39 is 0 Å². The maximum atomic E-state index is 12.1. The molecular weight excluding hydrogens is 323 g/mol. The molecule has 2 aromatic rings. The molecule has 0 saturated carbocycles. The number of nitrogens with one attached hydrogen (secondary N) is 2. The number of hydrogen-bond donors (Lipinski definition) is 2. The van der Waals surface area contributed by atoms with Crippen molar-refractivity contribution in [1.82, 2.24) is 5.32 Å². The van der Waals surface area contributed by atoms with Crippen LogP contribution in [0.2, 0.25) is 10.0 Å². The molecule has 22 heavy (non-hydrogen) atoms. The van der Waals surface area contributed by atoms with Crippen LogP contribution in [0.5, 0.6) is 0 Å². The molecule has 0 heterocycles. The summed E-state index contributed by atoms with van der Waals surface area (Å²) in [5.41, 5.74) is 1.71. The summed E-state index contributed by atoms with van der Waals surface area (Å²) in [6.45, 7) is 0. The van der Waals surface area contributed by atoms with Crippen LogP contribution in [0.15, 0.2) is 42.5 Å². The molecule has 0 saturated heterocycles. The Bertz CT molecular complexity index is 717. The molecule has 2 rings (SSSR count). The third-order valence-corrected chi connectivity index (χ3v) is 3.59. The Morgan fingerprint density at radius 2 is 1.86 bits per heavy atom. The molecule has 0 spiro atoms. The summed E-state index contributed by atoms with van der Waals surface area (Å²) in [5.74, 6) is -0.435. The molecular formula is C16H14Cl2N2O2. The number of carbonyl (C=O) groups is 2. The van der Waals surface area contributed by atoms with Crippen molar-refractivity contribution in [3.63, 3.8) is 0 Å². The summed E-state index contributed by atoms with van der Waals surface area (Å²) in [6, 6.07) is 11.7. The van der Waals surface area contributed by atoms with E-state index in [1.807, 2.05) is 0 Å². The Morgan fingerprint density at radius 3 is 2.55 bits per heavy atom. The molecule has 0 aliphatic carbocycles. The second kappa shape index (κ2) is 7.29. The minimum Gasteiger partial charge on any atom is -0.355 e. The summed E-state index contributed by atoms with van der Waals surface area (Å²) in [7, 11) is 1.55. The number of hydrogen-bond acceptors (Lipinski definition) is 2. The first-order chi connectivity index (χ1) is 10.5. The van der Waals surface area contributed by atoms with Crippen LogP contribution in [0.1, 0.15) is 15.9 Å². The van der Waals surface area contributed by atoms with Gasteiger partial charge in [0.05, 0.1) is 6.42 Å². The molecule has 114 valence electrons.